The van der Waals surface area contributed by atoms with Gasteiger partial charge in [-0.3, -0.25) is 4.40 Å². The SMILES string of the molecule is COC(=O)c1cccn2c(-c3cccc(Cl)c3)ncc12. The molecule has 0 fully saturated rings. The zero-order valence-corrected chi connectivity index (χ0v) is 11.5. The fourth-order valence-corrected chi connectivity index (χ4v) is 2.34. The number of carbonyl (C=O) groups is 1. The molecular weight excluding hydrogens is 276 g/mol. The number of fused-ring (bicyclic) bond motifs is 1. The highest BCUT2D eigenvalue weighted by Crippen LogP contribution is 2.24. The molecule has 0 aliphatic carbocycles. The standard InChI is InChI=1S/C15H11ClN2O2/c1-20-15(19)12-6-3-7-18-13(12)9-17-14(18)10-4-2-5-11(16)8-10/h2-9H,1H3. The average molecular weight is 287 g/mol. The van der Waals surface area contributed by atoms with E-state index in [9.17, 15) is 4.79 Å². The molecule has 0 amide bonds. The van der Waals surface area contributed by atoms with Crippen molar-refractivity contribution in [3.05, 3.63) is 59.4 Å². The van der Waals surface area contributed by atoms with Crippen molar-refractivity contribution in [2.45, 2.75) is 0 Å². The van der Waals surface area contributed by atoms with Gasteiger partial charge in [0.15, 0.2) is 0 Å². The van der Waals surface area contributed by atoms with E-state index in [4.69, 9.17) is 16.3 Å². The summed E-state index contributed by atoms with van der Waals surface area (Å²) in [6.45, 7) is 0. The van der Waals surface area contributed by atoms with Crippen LogP contribution in [0.4, 0.5) is 0 Å². The Kier molecular flexibility index (Phi) is 3.16. The lowest BCUT2D eigenvalue weighted by Crippen LogP contribution is -2.03. The van der Waals surface area contributed by atoms with Crippen LogP contribution in [0.2, 0.25) is 5.02 Å². The minimum absolute atomic E-state index is 0.381. The van der Waals surface area contributed by atoms with Crippen LogP contribution in [0, 0.1) is 0 Å². The second-order valence-corrected chi connectivity index (χ2v) is 4.70. The monoisotopic (exact) mass is 286 g/mol. The molecule has 0 radical (unpaired) electrons. The van der Waals surface area contributed by atoms with Gasteiger partial charge in [0.05, 0.1) is 24.4 Å². The summed E-state index contributed by atoms with van der Waals surface area (Å²) in [5, 5.41) is 0.642. The lowest BCUT2D eigenvalue weighted by atomic mass is 10.2. The highest BCUT2D eigenvalue weighted by molar-refractivity contribution is 6.30. The van der Waals surface area contributed by atoms with Gasteiger partial charge in [0.2, 0.25) is 0 Å². The number of halogens is 1. The lowest BCUT2D eigenvalue weighted by molar-refractivity contribution is 0.0602. The molecule has 0 bridgehead atoms. The van der Waals surface area contributed by atoms with Crippen LogP contribution in [0.25, 0.3) is 16.9 Å². The van der Waals surface area contributed by atoms with Crippen LogP contribution in [0.15, 0.2) is 48.8 Å². The molecule has 0 aliphatic heterocycles. The number of esters is 1. The van der Waals surface area contributed by atoms with Gasteiger partial charge in [0.25, 0.3) is 0 Å². The number of benzene rings is 1. The Hall–Kier alpha value is -2.33. The van der Waals surface area contributed by atoms with Crippen molar-refractivity contribution < 1.29 is 9.53 Å². The number of nitrogens with zero attached hydrogens (tertiary/aromatic N) is 2. The summed E-state index contributed by atoms with van der Waals surface area (Å²) >= 11 is 6.01. The van der Waals surface area contributed by atoms with E-state index in [1.54, 1.807) is 24.4 Å². The molecule has 1 aromatic carbocycles. The number of hydrogen-bond donors (Lipinski definition) is 0. The second kappa shape index (κ2) is 4.98. The van der Waals surface area contributed by atoms with E-state index >= 15 is 0 Å². The van der Waals surface area contributed by atoms with Crippen molar-refractivity contribution in [3.8, 4) is 11.4 Å². The maximum atomic E-state index is 11.7. The maximum absolute atomic E-state index is 11.7. The predicted molar refractivity (Wildman–Crippen MR) is 77.0 cm³/mol. The Morgan fingerprint density at radius 2 is 2.15 bits per heavy atom. The number of rotatable bonds is 2. The topological polar surface area (TPSA) is 43.6 Å². The van der Waals surface area contributed by atoms with E-state index in [1.807, 2.05) is 28.8 Å². The van der Waals surface area contributed by atoms with Crippen LogP contribution >= 0.6 is 11.6 Å². The highest BCUT2D eigenvalue weighted by Gasteiger charge is 2.14. The molecule has 20 heavy (non-hydrogen) atoms. The summed E-state index contributed by atoms with van der Waals surface area (Å²) in [6.07, 6.45) is 3.51. The van der Waals surface area contributed by atoms with Gasteiger partial charge in [0.1, 0.15) is 5.82 Å². The van der Waals surface area contributed by atoms with Crippen molar-refractivity contribution in [2.75, 3.05) is 7.11 Å². The zero-order valence-electron chi connectivity index (χ0n) is 10.7. The lowest BCUT2D eigenvalue weighted by Gasteiger charge is -2.04. The van der Waals surface area contributed by atoms with Crippen molar-refractivity contribution >= 4 is 23.1 Å². The van der Waals surface area contributed by atoms with E-state index < -0.39 is 0 Å². The third-order valence-corrected chi connectivity index (χ3v) is 3.29. The predicted octanol–water partition coefficient (Wildman–Crippen LogP) is 3.44. The number of methoxy groups -OCH3 is 1. The Labute approximate surface area is 120 Å². The molecule has 0 saturated heterocycles. The van der Waals surface area contributed by atoms with Crippen LogP contribution in [0.5, 0.6) is 0 Å². The van der Waals surface area contributed by atoms with Gasteiger partial charge in [-0.1, -0.05) is 23.7 Å². The summed E-state index contributed by atoms with van der Waals surface area (Å²) in [5.74, 6) is 0.349. The molecule has 100 valence electrons. The number of ether oxygens (including phenoxy) is 1. The number of pyridine rings is 1. The summed E-state index contributed by atoms with van der Waals surface area (Å²) in [5.41, 5.74) is 2.07. The first-order valence-corrected chi connectivity index (χ1v) is 6.39. The van der Waals surface area contributed by atoms with E-state index in [1.165, 1.54) is 7.11 Å². The van der Waals surface area contributed by atoms with Crippen molar-refractivity contribution in [1.82, 2.24) is 9.38 Å². The zero-order chi connectivity index (χ0) is 14.1. The molecule has 3 rings (SSSR count). The van der Waals surface area contributed by atoms with Crippen LogP contribution in [-0.4, -0.2) is 22.5 Å². The molecule has 0 N–H and O–H groups in total. The molecule has 2 heterocycles. The summed E-state index contributed by atoms with van der Waals surface area (Å²) in [7, 11) is 1.36. The second-order valence-electron chi connectivity index (χ2n) is 4.26. The number of hydrogen-bond acceptors (Lipinski definition) is 3. The van der Waals surface area contributed by atoms with Gasteiger partial charge in [-0.2, -0.15) is 0 Å². The van der Waals surface area contributed by atoms with Gasteiger partial charge in [-0.15, -0.1) is 0 Å². The molecular formula is C15H11ClN2O2. The summed E-state index contributed by atoms with van der Waals surface area (Å²) in [4.78, 5) is 16.1. The number of imidazole rings is 1. The van der Waals surface area contributed by atoms with Gasteiger partial charge in [-0.05, 0) is 24.3 Å². The average Bonchev–Trinajstić information content (AvgIpc) is 2.90. The third-order valence-electron chi connectivity index (χ3n) is 3.06. The van der Waals surface area contributed by atoms with E-state index in [0.717, 1.165) is 11.4 Å². The first kappa shape index (κ1) is 12.7. The van der Waals surface area contributed by atoms with Gasteiger partial charge >= 0.3 is 5.97 Å². The molecule has 0 atom stereocenters. The highest BCUT2D eigenvalue weighted by atomic mass is 35.5. The molecule has 3 aromatic rings. The Morgan fingerprint density at radius 3 is 2.90 bits per heavy atom. The quantitative estimate of drug-likeness (QED) is 0.678. The molecule has 0 unspecified atom stereocenters. The fraction of sp³-hybridized carbons (Fsp3) is 0.0667. The van der Waals surface area contributed by atoms with Crippen LogP contribution in [-0.2, 0) is 4.74 Å². The largest absolute Gasteiger partial charge is 0.465 e. The fourth-order valence-electron chi connectivity index (χ4n) is 2.15. The normalized spacial score (nSPS) is 10.7. The van der Waals surface area contributed by atoms with Crippen LogP contribution in [0.1, 0.15) is 10.4 Å². The molecule has 0 saturated carbocycles. The van der Waals surface area contributed by atoms with Gasteiger partial charge < -0.3 is 4.74 Å². The summed E-state index contributed by atoms with van der Waals surface area (Å²) in [6, 6.07) is 10.9. The number of aromatic nitrogens is 2. The van der Waals surface area contributed by atoms with E-state index in [0.29, 0.717) is 16.1 Å². The third kappa shape index (κ3) is 2.04. The van der Waals surface area contributed by atoms with Crippen molar-refractivity contribution in [3.63, 3.8) is 0 Å². The van der Waals surface area contributed by atoms with Crippen LogP contribution in [0.3, 0.4) is 0 Å². The Bertz CT molecular complexity index is 795. The first-order chi connectivity index (χ1) is 9.70. The molecule has 4 nitrogen and oxygen atoms in total. The molecule has 5 heteroatoms. The minimum atomic E-state index is -0.381. The Morgan fingerprint density at radius 1 is 1.30 bits per heavy atom. The summed E-state index contributed by atoms with van der Waals surface area (Å²) < 4.78 is 6.62. The minimum Gasteiger partial charge on any atom is -0.465 e. The smallest absolute Gasteiger partial charge is 0.340 e. The van der Waals surface area contributed by atoms with E-state index in [-0.39, 0.29) is 5.97 Å². The van der Waals surface area contributed by atoms with Crippen LogP contribution < -0.4 is 0 Å². The van der Waals surface area contributed by atoms with Crippen molar-refractivity contribution in [1.29, 1.82) is 0 Å². The molecule has 0 aliphatic rings. The van der Waals surface area contributed by atoms with Crippen molar-refractivity contribution in [2.24, 2.45) is 0 Å². The molecule has 2 aromatic heterocycles. The number of carbonyl (C=O) groups excluding carboxylic acids is 1. The first-order valence-electron chi connectivity index (χ1n) is 6.01. The van der Waals surface area contributed by atoms with Gasteiger partial charge in [0, 0.05) is 16.8 Å². The van der Waals surface area contributed by atoms with E-state index in [2.05, 4.69) is 4.98 Å². The maximum Gasteiger partial charge on any atom is 0.340 e. The Balaban J connectivity index is 2.22. The van der Waals surface area contributed by atoms with Gasteiger partial charge in [-0.25, -0.2) is 9.78 Å². The molecule has 0 spiro atoms.